The first kappa shape index (κ1) is 48.7. The molecule has 6 rings (SSSR count). The van der Waals surface area contributed by atoms with E-state index in [1.54, 1.807) is 13.1 Å². The van der Waals surface area contributed by atoms with Crippen molar-refractivity contribution in [3.63, 3.8) is 0 Å². The lowest BCUT2D eigenvalue weighted by Gasteiger charge is -2.54. The Bertz CT molecular complexity index is 1720. The highest BCUT2D eigenvalue weighted by atomic mass is 16.8. The monoisotopic (exact) mass is 868 g/mol. The molecule has 5 aliphatic rings. The van der Waals surface area contributed by atoms with Crippen LogP contribution in [0.15, 0.2) is 47.6 Å². The predicted molar refractivity (Wildman–Crippen MR) is 236 cm³/mol. The second-order valence-corrected chi connectivity index (χ2v) is 20.0. The number of aliphatic hydroxyl groups is 2. The summed E-state index contributed by atoms with van der Waals surface area (Å²) in [4.78, 5) is 32.5. The minimum atomic E-state index is -1.22. The number of aliphatic hydroxyl groups excluding tert-OH is 1. The lowest BCUT2D eigenvalue weighted by atomic mass is 9.72. The molecule has 5 heterocycles. The van der Waals surface area contributed by atoms with Gasteiger partial charge in [0.05, 0.1) is 65.9 Å². The van der Waals surface area contributed by atoms with E-state index in [0.717, 1.165) is 18.4 Å². The number of oxime groups is 1. The number of carbonyl (C=O) groups is 2. The molecule has 4 saturated heterocycles. The number of benzene rings is 1. The van der Waals surface area contributed by atoms with Gasteiger partial charge in [-0.2, -0.15) is 0 Å². The number of carbonyl (C=O) groups excluding carboxylic acids is 1. The Labute approximate surface area is 370 Å². The standard InChI is InChI=1S/C50H77NO11/c1-11-38(46(54)55)40-20-19-30(4)44(59-40)34(8)42(52)33(7)43(53)39(12-2)45-31(5)27-32(6)49(60-45)24-21-37(28-51-57-29-36-17-15-14-16-18-36)50(62-49)26-25-47(10,61-50)41-22-23-48(56,13-3)35(9)58-41/h14-18,21,24,28,30-35,37-42,44-45,52,56H,11-13,19-20,22-23,25-27,29H2,1-10H3,(H,54,55)/b51-28+/t30-,31-,32+,33-,34-,35-,37?,38?,39-,40+,41+,42+,44?,45-,47-,48+,49-,50-/m0/s1. The lowest BCUT2D eigenvalue weighted by molar-refractivity contribution is -0.399. The number of carboxylic acid groups (broad SMARTS) is 1. The van der Waals surface area contributed by atoms with Gasteiger partial charge in [-0.3, -0.25) is 9.59 Å². The molecule has 2 spiro atoms. The molecule has 5 aliphatic heterocycles. The van der Waals surface area contributed by atoms with Crippen molar-refractivity contribution in [1.29, 1.82) is 0 Å². The van der Waals surface area contributed by atoms with Crippen LogP contribution in [0.5, 0.6) is 0 Å². The first-order valence-electron chi connectivity index (χ1n) is 23.8. The molecule has 348 valence electrons. The maximum Gasteiger partial charge on any atom is 0.309 e. The summed E-state index contributed by atoms with van der Waals surface area (Å²) in [6.45, 7) is 20.2. The largest absolute Gasteiger partial charge is 0.481 e. The molecule has 18 atom stereocenters. The fourth-order valence-corrected chi connectivity index (χ4v) is 11.5. The van der Waals surface area contributed by atoms with Gasteiger partial charge < -0.3 is 43.8 Å². The van der Waals surface area contributed by atoms with Crippen molar-refractivity contribution >= 4 is 18.0 Å². The van der Waals surface area contributed by atoms with Gasteiger partial charge >= 0.3 is 5.97 Å². The van der Waals surface area contributed by atoms with E-state index in [4.69, 9.17) is 28.5 Å². The number of hydrogen-bond donors (Lipinski definition) is 3. The molecule has 12 heteroatoms. The Morgan fingerprint density at radius 3 is 2.27 bits per heavy atom. The van der Waals surface area contributed by atoms with E-state index in [1.807, 2.05) is 71.0 Å². The van der Waals surface area contributed by atoms with Crippen molar-refractivity contribution < 1.29 is 53.4 Å². The van der Waals surface area contributed by atoms with Crippen molar-refractivity contribution in [3.8, 4) is 0 Å². The molecule has 0 aromatic heterocycles. The Balaban J connectivity index is 1.23. The first-order chi connectivity index (χ1) is 29.4. The molecule has 12 nitrogen and oxygen atoms in total. The third kappa shape index (κ3) is 9.77. The summed E-state index contributed by atoms with van der Waals surface area (Å²) in [5.74, 6) is -6.00. The average molecular weight is 868 g/mol. The fourth-order valence-electron chi connectivity index (χ4n) is 11.5. The van der Waals surface area contributed by atoms with Gasteiger partial charge in [0, 0.05) is 30.1 Å². The number of ether oxygens (including phenoxy) is 5. The molecule has 0 amide bonds. The van der Waals surface area contributed by atoms with Crippen molar-refractivity contribution in [2.45, 2.75) is 199 Å². The molecule has 0 bridgehead atoms. The second kappa shape index (κ2) is 19.8. The molecule has 0 aliphatic carbocycles. The number of rotatable bonds is 16. The van der Waals surface area contributed by atoms with Crippen LogP contribution in [0, 0.1) is 47.3 Å². The van der Waals surface area contributed by atoms with Crippen molar-refractivity contribution in [3.05, 3.63) is 48.0 Å². The van der Waals surface area contributed by atoms with Gasteiger partial charge in [-0.25, -0.2) is 0 Å². The molecule has 3 N–H and O–H groups in total. The van der Waals surface area contributed by atoms with Gasteiger partial charge in [-0.15, -0.1) is 0 Å². The Morgan fingerprint density at radius 1 is 0.919 bits per heavy atom. The van der Waals surface area contributed by atoms with Crippen LogP contribution in [0.2, 0.25) is 0 Å². The van der Waals surface area contributed by atoms with Crippen LogP contribution < -0.4 is 0 Å². The number of carboxylic acids is 1. The number of Topliss-reactive ketones (excluding diaryl/α,β-unsaturated/α-hetero) is 1. The molecular weight excluding hydrogens is 791 g/mol. The minimum absolute atomic E-state index is 0.0126. The van der Waals surface area contributed by atoms with Crippen LogP contribution in [0.1, 0.15) is 139 Å². The first-order valence-corrected chi connectivity index (χ1v) is 23.8. The maximum atomic E-state index is 14.7. The summed E-state index contributed by atoms with van der Waals surface area (Å²) in [7, 11) is 0. The van der Waals surface area contributed by atoms with Crippen LogP contribution >= 0.6 is 0 Å². The topological polar surface area (TPSA) is 163 Å². The smallest absolute Gasteiger partial charge is 0.309 e. The van der Waals surface area contributed by atoms with E-state index in [1.165, 1.54) is 0 Å². The summed E-state index contributed by atoms with van der Waals surface area (Å²) < 4.78 is 34.8. The van der Waals surface area contributed by atoms with E-state index in [0.29, 0.717) is 58.0 Å². The number of hydrogen-bond acceptors (Lipinski definition) is 11. The zero-order valence-corrected chi connectivity index (χ0v) is 39.0. The molecule has 0 radical (unpaired) electrons. The summed E-state index contributed by atoms with van der Waals surface area (Å²) >= 11 is 0. The molecule has 62 heavy (non-hydrogen) atoms. The average Bonchev–Trinajstić information content (AvgIpc) is 3.59. The summed E-state index contributed by atoms with van der Waals surface area (Å²) in [6, 6.07) is 9.87. The predicted octanol–water partition coefficient (Wildman–Crippen LogP) is 8.65. The fraction of sp³-hybridized carbons (Fsp3) is 0.780. The molecular formula is C50H77NO11. The highest BCUT2D eigenvalue weighted by molar-refractivity contribution is 5.84. The van der Waals surface area contributed by atoms with Crippen molar-refractivity contribution in [1.82, 2.24) is 0 Å². The number of aliphatic carboxylic acids is 1. The Morgan fingerprint density at radius 2 is 1.63 bits per heavy atom. The normalized spacial score (nSPS) is 41.2. The van der Waals surface area contributed by atoms with E-state index in [9.17, 15) is 24.9 Å². The minimum Gasteiger partial charge on any atom is -0.481 e. The van der Waals surface area contributed by atoms with Gasteiger partial charge in [-0.05, 0) is 95.1 Å². The van der Waals surface area contributed by atoms with Gasteiger partial charge in [0.15, 0.2) is 11.6 Å². The van der Waals surface area contributed by atoms with E-state index in [-0.39, 0.29) is 41.8 Å². The van der Waals surface area contributed by atoms with Crippen LogP contribution in [0.4, 0.5) is 0 Å². The van der Waals surface area contributed by atoms with Crippen LogP contribution in [0.3, 0.4) is 0 Å². The number of nitrogens with zero attached hydrogens (tertiary/aromatic N) is 1. The van der Waals surface area contributed by atoms with Crippen LogP contribution in [-0.2, 0) is 44.7 Å². The quantitative estimate of drug-likeness (QED) is 0.0828. The SMILES string of the molecule is CCC(C(=O)O)[C@H]1CC[C@H](C)C([C@@H](C)[C@H](O)[C@H](C)C(=O)[C@H](CC)[C@H]2O[C@]3(C=CC(/C=N/OCc4ccccc4)[C@]4(CC[C@@](C)([C@H]5CC[C@](O)(CC)[C@H](C)O5)O4)O3)[C@H](C)C[C@@H]2C)O1. The number of ketones is 1. The summed E-state index contributed by atoms with van der Waals surface area (Å²) in [5.41, 5.74) is -0.614. The zero-order valence-electron chi connectivity index (χ0n) is 39.0. The summed E-state index contributed by atoms with van der Waals surface area (Å²) in [6.07, 6.45) is 9.02. The van der Waals surface area contributed by atoms with Crippen LogP contribution in [0.25, 0.3) is 0 Å². The highest BCUT2D eigenvalue weighted by Crippen LogP contribution is 2.55. The zero-order chi connectivity index (χ0) is 45.2. The van der Waals surface area contributed by atoms with Crippen LogP contribution in [-0.4, -0.2) is 92.7 Å². The van der Waals surface area contributed by atoms with Gasteiger partial charge in [0.1, 0.15) is 12.4 Å². The van der Waals surface area contributed by atoms with Gasteiger partial charge in [0.25, 0.3) is 0 Å². The van der Waals surface area contributed by atoms with E-state index in [2.05, 4.69) is 38.9 Å². The Kier molecular flexibility index (Phi) is 15.6. The summed E-state index contributed by atoms with van der Waals surface area (Å²) in [5, 5.41) is 37.4. The lowest BCUT2D eigenvalue weighted by Crippen LogP contribution is -2.62. The van der Waals surface area contributed by atoms with Crippen molar-refractivity contribution in [2.75, 3.05) is 0 Å². The van der Waals surface area contributed by atoms with Gasteiger partial charge in [-0.1, -0.05) is 97.0 Å². The molecule has 3 unspecified atom stereocenters. The highest BCUT2D eigenvalue weighted by Gasteiger charge is 2.63. The van der Waals surface area contributed by atoms with E-state index >= 15 is 0 Å². The molecule has 0 saturated carbocycles. The molecule has 1 aromatic rings. The third-order valence-corrected chi connectivity index (χ3v) is 15.9. The third-order valence-electron chi connectivity index (χ3n) is 15.9. The van der Waals surface area contributed by atoms with Crippen molar-refractivity contribution in [2.24, 2.45) is 52.5 Å². The molecule has 1 aromatic carbocycles. The Hall–Kier alpha value is -2.71. The molecule has 4 fully saturated rings. The maximum absolute atomic E-state index is 14.7. The van der Waals surface area contributed by atoms with Gasteiger partial charge in [0.2, 0.25) is 0 Å². The second-order valence-electron chi connectivity index (χ2n) is 20.0. The van der Waals surface area contributed by atoms with E-state index < -0.39 is 76.6 Å².